The van der Waals surface area contributed by atoms with Crippen LogP contribution in [0.1, 0.15) is 20.3 Å². The molecule has 0 aliphatic rings. The Hall–Kier alpha value is -2.35. The summed E-state index contributed by atoms with van der Waals surface area (Å²) >= 11 is 1.22. The Balaban J connectivity index is 1.88. The Labute approximate surface area is 138 Å². The van der Waals surface area contributed by atoms with Crippen LogP contribution in [0.25, 0.3) is 5.69 Å². The molecule has 1 aromatic carbocycles. The van der Waals surface area contributed by atoms with Gasteiger partial charge in [-0.05, 0) is 25.5 Å². The van der Waals surface area contributed by atoms with Gasteiger partial charge in [-0.1, -0.05) is 36.9 Å². The minimum atomic E-state index is -0.477. The Morgan fingerprint density at radius 1 is 1.30 bits per heavy atom. The highest BCUT2D eigenvalue weighted by Gasteiger charge is 2.13. The molecule has 1 atom stereocenters. The number of para-hydroxylation sites is 1. The first kappa shape index (κ1) is 17.0. The molecule has 0 bridgehead atoms. The van der Waals surface area contributed by atoms with E-state index in [1.165, 1.54) is 11.8 Å². The SMILES string of the molecule is CC[C@H](C)NC(=O)NC(=O)CSc1nncn1-c1ccccc1. The van der Waals surface area contributed by atoms with Gasteiger partial charge in [-0.2, -0.15) is 0 Å². The molecule has 0 saturated carbocycles. The van der Waals surface area contributed by atoms with Gasteiger partial charge in [-0.25, -0.2) is 4.79 Å². The average Bonchev–Trinajstić information content (AvgIpc) is 3.02. The fourth-order valence-corrected chi connectivity index (χ4v) is 2.47. The predicted octanol–water partition coefficient (Wildman–Crippen LogP) is 1.98. The van der Waals surface area contributed by atoms with E-state index >= 15 is 0 Å². The molecule has 23 heavy (non-hydrogen) atoms. The number of rotatable bonds is 6. The summed E-state index contributed by atoms with van der Waals surface area (Å²) in [5.41, 5.74) is 0.912. The highest BCUT2D eigenvalue weighted by Crippen LogP contribution is 2.18. The highest BCUT2D eigenvalue weighted by molar-refractivity contribution is 7.99. The van der Waals surface area contributed by atoms with Gasteiger partial charge in [0.25, 0.3) is 0 Å². The van der Waals surface area contributed by atoms with Crippen molar-refractivity contribution in [2.24, 2.45) is 0 Å². The third kappa shape index (κ3) is 5.10. The third-order valence-electron chi connectivity index (χ3n) is 3.13. The maximum absolute atomic E-state index is 11.8. The fourth-order valence-electron chi connectivity index (χ4n) is 1.74. The molecule has 8 heteroatoms. The van der Waals surface area contributed by atoms with Crippen LogP contribution in [0.15, 0.2) is 41.8 Å². The molecule has 0 fully saturated rings. The minimum absolute atomic E-state index is 0.0247. The Kier molecular flexibility index (Phi) is 6.16. The average molecular weight is 333 g/mol. The Bertz CT molecular complexity index is 659. The molecule has 2 N–H and O–H groups in total. The molecule has 122 valence electrons. The van der Waals surface area contributed by atoms with Crippen molar-refractivity contribution in [3.8, 4) is 5.69 Å². The number of nitrogens with one attached hydrogen (secondary N) is 2. The van der Waals surface area contributed by atoms with E-state index in [0.29, 0.717) is 5.16 Å². The van der Waals surface area contributed by atoms with E-state index in [-0.39, 0.29) is 17.7 Å². The van der Waals surface area contributed by atoms with Crippen molar-refractivity contribution in [2.45, 2.75) is 31.5 Å². The largest absolute Gasteiger partial charge is 0.335 e. The van der Waals surface area contributed by atoms with Gasteiger partial charge in [-0.3, -0.25) is 14.7 Å². The second kappa shape index (κ2) is 8.33. The van der Waals surface area contributed by atoms with Crippen LogP contribution in [0.3, 0.4) is 0 Å². The summed E-state index contributed by atoms with van der Waals surface area (Å²) in [6.45, 7) is 3.83. The van der Waals surface area contributed by atoms with Crippen LogP contribution in [-0.2, 0) is 4.79 Å². The normalized spacial score (nSPS) is 11.7. The van der Waals surface area contributed by atoms with E-state index in [0.717, 1.165) is 12.1 Å². The smallest absolute Gasteiger partial charge is 0.321 e. The van der Waals surface area contributed by atoms with Gasteiger partial charge < -0.3 is 5.32 Å². The molecule has 0 aliphatic heterocycles. The maximum atomic E-state index is 11.8. The number of hydrogen-bond donors (Lipinski definition) is 2. The number of hydrogen-bond acceptors (Lipinski definition) is 5. The first-order chi connectivity index (χ1) is 11.1. The van der Waals surface area contributed by atoms with E-state index < -0.39 is 6.03 Å². The lowest BCUT2D eigenvalue weighted by Crippen LogP contribution is -2.43. The van der Waals surface area contributed by atoms with Gasteiger partial charge in [0.1, 0.15) is 6.33 Å². The molecule has 2 rings (SSSR count). The van der Waals surface area contributed by atoms with Crippen LogP contribution in [-0.4, -0.2) is 38.5 Å². The Morgan fingerprint density at radius 2 is 2.04 bits per heavy atom. The van der Waals surface area contributed by atoms with Crippen molar-refractivity contribution in [3.05, 3.63) is 36.7 Å². The van der Waals surface area contributed by atoms with E-state index in [9.17, 15) is 9.59 Å². The number of thioether (sulfide) groups is 1. The highest BCUT2D eigenvalue weighted by atomic mass is 32.2. The molecule has 0 saturated heterocycles. The summed E-state index contributed by atoms with van der Waals surface area (Å²) in [7, 11) is 0. The number of carbonyl (C=O) groups excluding carboxylic acids is 2. The molecule has 7 nitrogen and oxygen atoms in total. The topological polar surface area (TPSA) is 88.9 Å². The van der Waals surface area contributed by atoms with Crippen LogP contribution in [0.2, 0.25) is 0 Å². The van der Waals surface area contributed by atoms with Crippen LogP contribution in [0, 0.1) is 0 Å². The lowest BCUT2D eigenvalue weighted by atomic mass is 10.3. The zero-order valence-electron chi connectivity index (χ0n) is 13.0. The van der Waals surface area contributed by atoms with Crippen LogP contribution < -0.4 is 10.6 Å². The lowest BCUT2D eigenvalue weighted by molar-refractivity contribution is -0.117. The van der Waals surface area contributed by atoms with Gasteiger partial charge in [0, 0.05) is 11.7 Å². The molecule has 1 aromatic heterocycles. The summed E-state index contributed by atoms with van der Waals surface area (Å²) in [6.07, 6.45) is 2.39. The molecular formula is C15H19N5O2S. The maximum Gasteiger partial charge on any atom is 0.321 e. The van der Waals surface area contributed by atoms with Gasteiger partial charge >= 0.3 is 6.03 Å². The van der Waals surface area contributed by atoms with Gasteiger partial charge in [0.05, 0.1) is 5.75 Å². The lowest BCUT2D eigenvalue weighted by Gasteiger charge is -2.11. The van der Waals surface area contributed by atoms with Crippen molar-refractivity contribution in [1.82, 2.24) is 25.4 Å². The quantitative estimate of drug-likeness (QED) is 0.789. The van der Waals surface area contributed by atoms with Crippen molar-refractivity contribution >= 4 is 23.7 Å². The standard InChI is InChI=1S/C15H19N5O2S/c1-3-11(2)17-14(22)18-13(21)9-23-15-19-16-10-20(15)12-7-5-4-6-8-12/h4-8,10-11H,3,9H2,1-2H3,(H2,17,18,21,22)/t11-/m0/s1. The van der Waals surface area contributed by atoms with Gasteiger partial charge in [0.2, 0.25) is 5.91 Å². The second-order valence-corrected chi connectivity index (χ2v) is 5.88. The number of aromatic nitrogens is 3. The number of nitrogens with zero attached hydrogens (tertiary/aromatic N) is 3. The fraction of sp³-hybridized carbons (Fsp3) is 0.333. The van der Waals surface area contributed by atoms with E-state index in [4.69, 9.17) is 0 Å². The number of urea groups is 1. The first-order valence-electron chi connectivity index (χ1n) is 7.28. The summed E-state index contributed by atoms with van der Waals surface area (Å²) in [6, 6.07) is 9.14. The Morgan fingerprint density at radius 3 is 2.74 bits per heavy atom. The molecule has 1 heterocycles. The molecule has 0 spiro atoms. The number of carbonyl (C=O) groups is 2. The summed E-state index contributed by atoms with van der Waals surface area (Å²) in [4.78, 5) is 23.4. The zero-order valence-corrected chi connectivity index (χ0v) is 13.8. The van der Waals surface area contributed by atoms with Crippen LogP contribution in [0.4, 0.5) is 4.79 Å². The van der Waals surface area contributed by atoms with E-state index in [1.807, 2.05) is 44.2 Å². The molecule has 3 amide bonds. The summed E-state index contributed by atoms with van der Waals surface area (Å²) in [5, 5.41) is 13.4. The molecule has 0 unspecified atom stereocenters. The summed E-state index contributed by atoms with van der Waals surface area (Å²) in [5.74, 6) is -0.294. The van der Waals surface area contributed by atoms with Crippen molar-refractivity contribution < 1.29 is 9.59 Å². The minimum Gasteiger partial charge on any atom is -0.335 e. The van der Waals surface area contributed by atoms with Crippen molar-refractivity contribution in [3.63, 3.8) is 0 Å². The molecule has 0 aliphatic carbocycles. The number of imide groups is 1. The predicted molar refractivity (Wildman–Crippen MR) is 88.5 cm³/mol. The monoisotopic (exact) mass is 333 g/mol. The van der Waals surface area contributed by atoms with Crippen LogP contribution >= 0.6 is 11.8 Å². The van der Waals surface area contributed by atoms with E-state index in [2.05, 4.69) is 20.8 Å². The van der Waals surface area contributed by atoms with Crippen molar-refractivity contribution in [1.29, 1.82) is 0 Å². The van der Waals surface area contributed by atoms with Gasteiger partial charge in [0.15, 0.2) is 5.16 Å². The molecular weight excluding hydrogens is 314 g/mol. The summed E-state index contributed by atoms with van der Waals surface area (Å²) < 4.78 is 1.79. The first-order valence-corrected chi connectivity index (χ1v) is 8.27. The molecule has 0 radical (unpaired) electrons. The van der Waals surface area contributed by atoms with Gasteiger partial charge in [-0.15, -0.1) is 10.2 Å². The van der Waals surface area contributed by atoms with Crippen molar-refractivity contribution in [2.75, 3.05) is 5.75 Å². The molecule has 2 aromatic rings. The zero-order chi connectivity index (χ0) is 16.7. The van der Waals surface area contributed by atoms with Crippen LogP contribution in [0.5, 0.6) is 0 Å². The second-order valence-electron chi connectivity index (χ2n) is 4.94. The number of amides is 3. The number of benzene rings is 1. The third-order valence-corrected chi connectivity index (χ3v) is 4.07. The van der Waals surface area contributed by atoms with E-state index in [1.54, 1.807) is 10.9 Å².